The van der Waals surface area contributed by atoms with Crippen molar-refractivity contribution in [2.45, 2.75) is 154 Å². The van der Waals surface area contributed by atoms with Crippen molar-refractivity contribution in [3.05, 3.63) is 0 Å². The predicted molar refractivity (Wildman–Crippen MR) is 189 cm³/mol. The van der Waals surface area contributed by atoms with E-state index < -0.39 is 33.7 Å². The van der Waals surface area contributed by atoms with E-state index in [0.29, 0.717) is 39.6 Å². The first-order valence-electron chi connectivity index (χ1n) is 18.9. The topological polar surface area (TPSA) is 144 Å². The molecule has 0 amide bonds. The molecule has 0 aromatic heterocycles. The fourth-order valence-electron chi connectivity index (χ4n) is 5.06. The lowest BCUT2D eigenvalue weighted by Crippen LogP contribution is -2.35. The van der Waals surface area contributed by atoms with Gasteiger partial charge in [-0.25, -0.2) is 0 Å². The SMILES string of the molecule is CCCCCCCCCCCCOCCOCCOC(=O)C[C@H](C(=O)OCCOCCOCCCCCCCCCCCC)S(=O)(=O)O. The second-order valence-corrected chi connectivity index (χ2v) is 14.0. The van der Waals surface area contributed by atoms with Gasteiger partial charge in [-0.2, -0.15) is 8.42 Å². The highest BCUT2D eigenvalue weighted by atomic mass is 32.2. The first-order chi connectivity index (χ1) is 23.3. The maximum atomic E-state index is 12.2. The van der Waals surface area contributed by atoms with Gasteiger partial charge in [0.15, 0.2) is 5.25 Å². The average molecular weight is 711 g/mol. The molecule has 0 fully saturated rings. The number of rotatable bonds is 38. The minimum atomic E-state index is -4.88. The van der Waals surface area contributed by atoms with Crippen LogP contribution in [0.15, 0.2) is 0 Å². The van der Waals surface area contributed by atoms with Gasteiger partial charge >= 0.3 is 11.9 Å². The van der Waals surface area contributed by atoms with E-state index in [2.05, 4.69) is 13.8 Å². The molecule has 0 saturated heterocycles. The molecule has 0 bridgehead atoms. The van der Waals surface area contributed by atoms with Crippen LogP contribution in [0.1, 0.15) is 149 Å². The third-order valence-corrected chi connectivity index (χ3v) is 9.04. The van der Waals surface area contributed by atoms with E-state index in [1.54, 1.807) is 0 Å². The van der Waals surface area contributed by atoms with Gasteiger partial charge < -0.3 is 28.4 Å². The lowest BCUT2D eigenvalue weighted by molar-refractivity contribution is -0.151. The van der Waals surface area contributed by atoms with Gasteiger partial charge in [0.2, 0.25) is 0 Å². The first-order valence-corrected chi connectivity index (χ1v) is 20.4. The highest BCUT2D eigenvalue weighted by molar-refractivity contribution is 7.87. The highest BCUT2D eigenvalue weighted by Gasteiger charge is 2.35. The molecule has 1 atom stereocenters. The van der Waals surface area contributed by atoms with Gasteiger partial charge in [-0.05, 0) is 12.8 Å². The van der Waals surface area contributed by atoms with Crippen molar-refractivity contribution >= 4 is 22.1 Å². The highest BCUT2D eigenvalue weighted by Crippen LogP contribution is 2.12. The number of hydrogen-bond donors (Lipinski definition) is 1. The number of hydrogen-bond acceptors (Lipinski definition) is 10. The Labute approximate surface area is 292 Å². The van der Waals surface area contributed by atoms with Gasteiger partial charge in [0, 0.05) is 13.2 Å². The molecule has 0 saturated carbocycles. The van der Waals surface area contributed by atoms with Crippen LogP contribution in [0.4, 0.5) is 0 Å². The van der Waals surface area contributed by atoms with Crippen LogP contribution in [-0.4, -0.2) is 96.2 Å². The Morgan fingerprint density at radius 2 is 0.771 bits per heavy atom. The maximum absolute atomic E-state index is 12.2. The van der Waals surface area contributed by atoms with Crippen LogP contribution in [0.5, 0.6) is 0 Å². The lowest BCUT2D eigenvalue weighted by atomic mass is 10.1. The van der Waals surface area contributed by atoms with Crippen molar-refractivity contribution in [1.29, 1.82) is 0 Å². The van der Waals surface area contributed by atoms with Crippen LogP contribution in [0.25, 0.3) is 0 Å². The molecule has 0 aromatic carbocycles. The molecule has 0 spiro atoms. The standard InChI is InChI=1S/C36H70O11S/c1-3-5-7-9-11-13-15-17-19-21-23-42-25-27-44-29-31-46-35(37)33-34(48(39,40)41)36(38)47-32-30-45-28-26-43-24-22-20-18-16-14-12-10-8-6-4-2/h34H,3-33H2,1-2H3,(H,39,40,41)/t34-/m1/s1. The van der Waals surface area contributed by atoms with Crippen molar-refractivity contribution in [2.75, 3.05) is 66.1 Å². The minimum Gasteiger partial charge on any atom is -0.463 e. The Bertz CT molecular complexity index is 823. The molecule has 0 unspecified atom stereocenters. The molecular formula is C36H70O11S. The van der Waals surface area contributed by atoms with Crippen molar-refractivity contribution in [2.24, 2.45) is 0 Å². The van der Waals surface area contributed by atoms with E-state index in [1.807, 2.05) is 0 Å². The summed E-state index contributed by atoms with van der Waals surface area (Å²) in [5, 5.41) is -2.07. The molecule has 12 heteroatoms. The van der Waals surface area contributed by atoms with E-state index in [-0.39, 0.29) is 26.4 Å². The van der Waals surface area contributed by atoms with E-state index in [0.717, 1.165) is 25.7 Å². The molecule has 0 radical (unpaired) electrons. The molecule has 0 rings (SSSR count). The summed E-state index contributed by atoms with van der Waals surface area (Å²) >= 11 is 0. The maximum Gasteiger partial charge on any atom is 0.327 e. The average Bonchev–Trinajstić information content (AvgIpc) is 3.05. The van der Waals surface area contributed by atoms with Crippen LogP contribution >= 0.6 is 0 Å². The zero-order valence-corrected chi connectivity index (χ0v) is 31.3. The molecule has 0 aliphatic heterocycles. The third kappa shape index (κ3) is 33.2. The fraction of sp³-hybridized carbons (Fsp3) is 0.944. The molecule has 11 nitrogen and oxygen atoms in total. The monoisotopic (exact) mass is 710 g/mol. The summed E-state index contributed by atoms with van der Waals surface area (Å²) in [6.45, 7) is 7.05. The molecule has 286 valence electrons. The zero-order valence-electron chi connectivity index (χ0n) is 30.4. The summed E-state index contributed by atoms with van der Waals surface area (Å²) in [4.78, 5) is 24.3. The number of esters is 2. The molecule has 0 aromatic rings. The zero-order chi connectivity index (χ0) is 35.4. The summed E-state index contributed by atoms with van der Waals surface area (Å²) in [6.07, 6.45) is 24.4. The van der Waals surface area contributed by atoms with Crippen molar-refractivity contribution in [3.63, 3.8) is 0 Å². The van der Waals surface area contributed by atoms with Crippen LogP contribution < -0.4 is 0 Å². The van der Waals surface area contributed by atoms with Crippen LogP contribution in [0.3, 0.4) is 0 Å². The number of unbranched alkanes of at least 4 members (excludes halogenated alkanes) is 18. The molecular weight excluding hydrogens is 640 g/mol. The van der Waals surface area contributed by atoms with E-state index in [4.69, 9.17) is 28.4 Å². The van der Waals surface area contributed by atoms with Crippen molar-refractivity contribution < 1.29 is 51.0 Å². The number of ether oxygens (including phenoxy) is 6. The van der Waals surface area contributed by atoms with Gasteiger partial charge in [-0.15, -0.1) is 0 Å². The van der Waals surface area contributed by atoms with Crippen molar-refractivity contribution in [3.8, 4) is 0 Å². The molecule has 48 heavy (non-hydrogen) atoms. The van der Waals surface area contributed by atoms with Gasteiger partial charge in [0.1, 0.15) is 13.2 Å². The second-order valence-electron chi connectivity index (χ2n) is 12.4. The number of carbonyl (C=O) groups is 2. The normalized spacial score (nSPS) is 12.3. The van der Waals surface area contributed by atoms with Gasteiger partial charge in [-0.1, -0.05) is 129 Å². The van der Waals surface area contributed by atoms with Gasteiger partial charge in [0.05, 0.1) is 46.1 Å². The third-order valence-electron chi connectivity index (χ3n) is 7.97. The molecule has 0 aliphatic carbocycles. The van der Waals surface area contributed by atoms with Crippen molar-refractivity contribution in [1.82, 2.24) is 0 Å². The van der Waals surface area contributed by atoms with E-state index in [9.17, 15) is 22.6 Å². The Morgan fingerprint density at radius 3 is 1.15 bits per heavy atom. The largest absolute Gasteiger partial charge is 0.463 e. The van der Waals surface area contributed by atoms with Crippen LogP contribution in [-0.2, 0) is 48.1 Å². The summed E-state index contributed by atoms with van der Waals surface area (Å²) < 4.78 is 64.5. The van der Waals surface area contributed by atoms with E-state index >= 15 is 0 Å². The van der Waals surface area contributed by atoms with Gasteiger partial charge in [0.25, 0.3) is 10.1 Å². The predicted octanol–water partition coefficient (Wildman–Crippen LogP) is 7.63. The summed E-state index contributed by atoms with van der Waals surface area (Å²) in [7, 11) is -4.88. The lowest BCUT2D eigenvalue weighted by Gasteiger charge is -2.13. The number of carbonyl (C=O) groups excluding carboxylic acids is 2. The summed E-state index contributed by atoms with van der Waals surface area (Å²) in [5.41, 5.74) is 0. The van der Waals surface area contributed by atoms with E-state index in [1.165, 1.54) is 103 Å². The fourth-order valence-corrected chi connectivity index (χ4v) is 5.71. The Morgan fingerprint density at radius 1 is 0.458 bits per heavy atom. The molecule has 1 N–H and O–H groups in total. The Hall–Kier alpha value is -1.31. The smallest absolute Gasteiger partial charge is 0.327 e. The molecule has 0 aliphatic rings. The van der Waals surface area contributed by atoms with Crippen LogP contribution in [0.2, 0.25) is 0 Å². The summed E-state index contributed by atoms with van der Waals surface area (Å²) in [6, 6.07) is 0. The Kier molecular flexibility index (Phi) is 34.5. The van der Waals surface area contributed by atoms with Crippen LogP contribution in [0, 0.1) is 0 Å². The first kappa shape index (κ1) is 46.7. The Balaban J connectivity index is 3.72. The van der Waals surface area contributed by atoms with Gasteiger partial charge in [-0.3, -0.25) is 14.1 Å². The quantitative estimate of drug-likeness (QED) is 0.0384. The minimum absolute atomic E-state index is 0.0241. The summed E-state index contributed by atoms with van der Waals surface area (Å²) in [5.74, 6) is -2.21. The second kappa shape index (κ2) is 35.5. The molecule has 0 heterocycles.